The highest BCUT2D eigenvalue weighted by Gasteiger charge is 2.23. The van der Waals surface area contributed by atoms with Gasteiger partial charge in [-0.3, -0.25) is 4.90 Å². The molecule has 126 valence electrons. The van der Waals surface area contributed by atoms with Crippen molar-refractivity contribution in [3.05, 3.63) is 53.2 Å². The molecule has 1 aromatic carbocycles. The van der Waals surface area contributed by atoms with Crippen molar-refractivity contribution < 1.29 is 4.39 Å². The van der Waals surface area contributed by atoms with Gasteiger partial charge in [0.1, 0.15) is 18.0 Å². The maximum absolute atomic E-state index is 13.1. The van der Waals surface area contributed by atoms with Crippen LogP contribution in [0.4, 0.5) is 10.2 Å². The van der Waals surface area contributed by atoms with E-state index >= 15 is 0 Å². The van der Waals surface area contributed by atoms with Crippen molar-refractivity contribution in [2.45, 2.75) is 32.2 Å². The molecule has 4 rings (SSSR count). The average molecular weight is 326 g/mol. The van der Waals surface area contributed by atoms with E-state index in [4.69, 9.17) is 0 Å². The Morgan fingerprint density at radius 1 is 0.917 bits per heavy atom. The van der Waals surface area contributed by atoms with E-state index in [-0.39, 0.29) is 5.82 Å². The Hall–Kier alpha value is -2.01. The molecule has 1 aromatic heterocycles. The van der Waals surface area contributed by atoms with Gasteiger partial charge < -0.3 is 4.90 Å². The fraction of sp³-hybridized carbons (Fsp3) is 0.474. The van der Waals surface area contributed by atoms with Gasteiger partial charge in [0.2, 0.25) is 0 Å². The molecular formula is C19H23FN4. The molecule has 24 heavy (non-hydrogen) atoms. The van der Waals surface area contributed by atoms with Crippen LogP contribution in [0.2, 0.25) is 0 Å². The van der Waals surface area contributed by atoms with E-state index in [2.05, 4.69) is 19.8 Å². The van der Waals surface area contributed by atoms with Gasteiger partial charge in [0.05, 0.1) is 5.69 Å². The standard InChI is InChI=1S/C19H23FN4/c20-16-5-3-15(4-6-16)13-23-11-7-17-18(8-12-23)21-14-22-19(17)24-9-1-2-10-24/h3-6,14H,1-2,7-13H2. The predicted molar refractivity (Wildman–Crippen MR) is 92.6 cm³/mol. The summed E-state index contributed by atoms with van der Waals surface area (Å²) in [4.78, 5) is 14.0. The van der Waals surface area contributed by atoms with Crippen molar-refractivity contribution in [2.75, 3.05) is 31.1 Å². The summed E-state index contributed by atoms with van der Waals surface area (Å²) in [5.41, 5.74) is 3.70. The minimum absolute atomic E-state index is 0.174. The molecule has 0 aliphatic carbocycles. The van der Waals surface area contributed by atoms with E-state index < -0.39 is 0 Å². The van der Waals surface area contributed by atoms with Crippen molar-refractivity contribution in [1.29, 1.82) is 0 Å². The van der Waals surface area contributed by atoms with Crippen molar-refractivity contribution >= 4 is 5.82 Å². The summed E-state index contributed by atoms with van der Waals surface area (Å²) in [7, 11) is 0. The van der Waals surface area contributed by atoms with Gasteiger partial charge >= 0.3 is 0 Å². The minimum Gasteiger partial charge on any atom is -0.356 e. The van der Waals surface area contributed by atoms with Gasteiger partial charge in [0.25, 0.3) is 0 Å². The number of hydrogen-bond acceptors (Lipinski definition) is 4. The number of benzene rings is 1. The molecule has 2 aliphatic heterocycles. The van der Waals surface area contributed by atoms with Crippen molar-refractivity contribution in [2.24, 2.45) is 0 Å². The third-order valence-corrected chi connectivity index (χ3v) is 5.08. The fourth-order valence-electron chi connectivity index (χ4n) is 3.76. The van der Waals surface area contributed by atoms with Crippen molar-refractivity contribution in [1.82, 2.24) is 14.9 Å². The monoisotopic (exact) mass is 326 g/mol. The van der Waals surface area contributed by atoms with Crippen LogP contribution in [-0.2, 0) is 19.4 Å². The van der Waals surface area contributed by atoms with Crippen molar-refractivity contribution in [3.63, 3.8) is 0 Å². The van der Waals surface area contributed by atoms with Crippen LogP contribution in [-0.4, -0.2) is 41.0 Å². The lowest BCUT2D eigenvalue weighted by molar-refractivity contribution is 0.279. The molecule has 3 heterocycles. The molecular weight excluding hydrogens is 303 g/mol. The molecule has 5 heteroatoms. The lowest BCUT2D eigenvalue weighted by atomic mass is 10.1. The molecule has 0 spiro atoms. The van der Waals surface area contributed by atoms with Gasteiger partial charge in [0, 0.05) is 44.7 Å². The summed E-state index contributed by atoms with van der Waals surface area (Å²) < 4.78 is 13.1. The number of aromatic nitrogens is 2. The van der Waals surface area contributed by atoms with Gasteiger partial charge in [-0.2, -0.15) is 0 Å². The highest BCUT2D eigenvalue weighted by molar-refractivity contribution is 5.50. The van der Waals surface area contributed by atoms with Gasteiger partial charge in [-0.05, 0) is 37.0 Å². The molecule has 1 saturated heterocycles. The normalized spacial score (nSPS) is 18.5. The minimum atomic E-state index is -0.174. The largest absolute Gasteiger partial charge is 0.356 e. The maximum Gasteiger partial charge on any atom is 0.135 e. The van der Waals surface area contributed by atoms with E-state index in [1.807, 2.05) is 12.1 Å². The molecule has 2 aliphatic rings. The maximum atomic E-state index is 13.1. The second kappa shape index (κ2) is 6.85. The van der Waals surface area contributed by atoms with E-state index in [1.54, 1.807) is 18.5 Å². The highest BCUT2D eigenvalue weighted by Crippen LogP contribution is 2.26. The first-order chi connectivity index (χ1) is 11.8. The fourth-order valence-corrected chi connectivity index (χ4v) is 3.76. The van der Waals surface area contributed by atoms with Crippen LogP contribution in [0.25, 0.3) is 0 Å². The molecule has 0 unspecified atom stereocenters. The molecule has 4 nitrogen and oxygen atoms in total. The van der Waals surface area contributed by atoms with Crippen LogP contribution in [0.1, 0.15) is 29.7 Å². The number of hydrogen-bond donors (Lipinski definition) is 0. The Bertz CT molecular complexity index is 695. The summed E-state index contributed by atoms with van der Waals surface area (Å²) in [6.45, 7) is 5.08. The Labute approximate surface area is 142 Å². The summed E-state index contributed by atoms with van der Waals surface area (Å²) in [5.74, 6) is 0.980. The molecule has 0 N–H and O–H groups in total. The topological polar surface area (TPSA) is 32.3 Å². The van der Waals surface area contributed by atoms with Crippen LogP contribution >= 0.6 is 0 Å². The van der Waals surface area contributed by atoms with Crippen molar-refractivity contribution in [3.8, 4) is 0 Å². The zero-order valence-corrected chi connectivity index (χ0v) is 13.9. The SMILES string of the molecule is Fc1ccc(CN2CCc3ncnc(N4CCCC4)c3CC2)cc1. The number of rotatable bonds is 3. The van der Waals surface area contributed by atoms with Crippen LogP contribution in [0.3, 0.4) is 0 Å². The second-order valence-corrected chi connectivity index (χ2v) is 6.72. The lowest BCUT2D eigenvalue weighted by Gasteiger charge is -2.21. The van der Waals surface area contributed by atoms with Gasteiger partial charge in [-0.25, -0.2) is 14.4 Å². The molecule has 1 fully saturated rings. The third kappa shape index (κ3) is 3.26. The van der Waals surface area contributed by atoms with Gasteiger partial charge in [0.15, 0.2) is 0 Å². The Morgan fingerprint density at radius 2 is 1.67 bits per heavy atom. The number of nitrogens with zero attached hydrogens (tertiary/aromatic N) is 4. The summed E-state index contributed by atoms with van der Waals surface area (Å²) in [6.07, 6.45) is 6.19. The summed E-state index contributed by atoms with van der Waals surface area (Å²) >= 11 is 0. The Morgan fingerprint density at radius 3 is 2.46 bits per heavy atom. The Balaban J connectivity index is 1.49. The van der Waals surface area contributed by atoms with E-state index in [9.17, 15) is 4.39 Å². The smallest absolute Gasteiger partial charge is 0.135 e. The number of fused-ring (bicyclic) bond motifs is 1. The molecule has 0 radical (unpaired) electrons. The summed E-state index contributed by atoms with van der Waals surface area (Å²) in [6, 6.07) is 6.84. The Kier molecular flexibility index (Phi) is 4.43. The van der Waals surface area contributed by atoms with Crippen LogP contribution in [0, 0.1) is 5.82 Å². The van der Waals surface area contributed by atoms with Crippen LogP contribution < -0.4 is 4.90 Å². The second-order valence-electron chi connectivity index (χ2n) is 6.72. The predicted octanol–water partition coefficient (Wildman–Crippen LogP) is 2.82. The summed E-state index contributed by atoms with van der Waals surface area (Å²) in [5, 5.41) is 0. The first-order valence-electron chi connectivity index (χ1n) is 8.84. The highest BCUT2D eigenvalue weighted by atomic mass is 19.1. The zero-order chi connectivity index (χ0) is 16.4. The molecule has 2 aromatic rings. The molecule has 0 saturated carbocycles. The lowest BCUT2D eigenvalue weighted by Crippen LogP contribution is -2.26. The number of halogens is 1. The molecule has 0 bridgehead atoms. The van der Waals surface area contributed by atoms with Crippen LogP contribution in [0.5, 0.6) is 0 Å². The quantitative estimate of drug-likeness (QED) is 0.868. The van der Waals surface area contributed by atoms with E-state index in [0.717, 1.165) is 56.9 Å². The van der Waals surface area contributed by atoms with Gasteiger partial charge in [-0.15, -0.1) is 0 Å². The first kappa shape index (κ1) is 15.5. The van der Waals surface area contributed by atoms with E-state index in [0.29, 0.717) is 0 Å². The average Bonchev–Trinajstić information content (AvgIpc) is 3.06. The first-order valence-corrected chi connectivity index (χ1v) is 8.84. The van der Waals surface area contributed by atoms with Crippen LogP contribution in [0.15, 0.2) is 30.6 Å². The molecule has 0 atom stereocenters. The molecule has 0 amide bonds. The third-order valence-electron chi connectivity index (χ3n) is 5.08. The zero-order valence-electron chi connectivity index (χ0n) is 13.9. The van der Waals surface area contributed by atoms with E-state index in [1.165, 1.54) is 24.1 Å². The van der Waals surface area contributed by atoms with Gasteiger partial charge in [-0.1, -0.05) is 12.1 Å². The number of anilines is 1.